The Morgan fingerprint density at radius 3 is 2.26 bits per heavy atom. The molecule has 2 aromatic rings. The minimum Gasteiger partial charge on any atom is -0.298 e. The van der Waals surface area contributed by atoms with E-state index in [1.807, 2.05) is 0 Å². The van der Waals surface area contributed by atoms with Crippen LogP contribution >= 0.6 is 11.8 Å². The van der Waals surface area contributed by atoms with Crippen LogP contribution in [0.3, 0.4) is 0 Å². The highest BCUT2D eigenvalue weighted by atomic mass is 32.2. The lowest BCUT2D eigenvalue weighted by atomic mass is 10.1. The van der Waals surface area contributed by atoms with E-state index in [0.717, 1.165) is 13.1 Å². The second-order valence-electron chi connectivity index (χ2n) is 4.95. The zero-order valence-electron chi connectivity index (χ0n) is 11.9. The van der Waals surface area contributed by atoms with Gasteiger partial charge in [-0.25, -0.2) is 0 Å². The van der Waals surface area contributed by atoms with Gasteiger partial charge in [-0.3, -0.25) is 4.90 Å². The van der Waals surface area contributed by atoms with Gasteiger partial charge in [-0.15, -0.1) is 11.8 Å². The molecule has 2 rings (SSSR count). The summed E-state index contributed by atoms with van der Waals surface area (Å²) in [6.45, 7) is 4.16. The maximum Gasteiger partial charge on any atom is 0.0236 e. The predicted octanol–water partition coefficient (Wildman–Crippen LogP) is 4.35. The molecule has 1 nitrogen and oxygen atoms in total. The SMILES string of the molecule is CSc1ccc(CN(C)Cc2ccccc2C)cc1. The first kappa shape index (κ1) is 14.2. The van der Waals surface area contributed by atoms with Crippen LogP contribution in [0.4, 0.5) is 0 Å². The van der Waals surface area contributed by atoms with Crippen LogP contribution in [-0.2, 0) is 13.1 Å². The molecule has 2 heteroatoms. The van der Waals surface area contributed by atoms with Crippen molar-refractivity contribution in [2.45, 2.75) is 24.9 Å². The molecule has 0 saturated heterocycles. The van der Waals surface area contributed by atoms with Gasteiger partial charge in [0.05, 0.1) is 0 Å². The Morgan fingerprint density at radius 2 is 1.63 bits per heavy atom. The maximum absolute atomic E-state index is 2.36. The van der Waals surface area contributed by atoms with Crippen molar-refractivity contribution in [1.29, 1.82) is 0 Å². The molecular formula is C17H21NS. The first-order valence-electron chi connectivity index (χ1n) is 6.55. The highest BCUT2D eigenvalue weighted by Gasteiger charge is 2.03. The normalized spacial score (nSPS) is 10.9. The molecule has 0 spiro atoms. The van der Waals surface area contributed by atoms with E-state index in [-0.39, 0.29) is 0 Å². The quantitative estimate of drug-likeness (QED) is 0.744. The van der Waals surface area contributed by atoms with Crippen molar-refractivity contribution in [2.24, 2.45) is 0 Å². The molecule has 19 heavy (non-hydrogen) atoms. The molecule has 0 aliphatic rings. The van der Waals surface area contributed by atoms with E-state index in [1.165, 1.54) is 21.6 Å². The van der Waals surface area contributed by atoms with E-state index in [9.17, 15) is 0 Å². The van der Waals surface area contributed by atoms with Crippen LogP contribution in [-0.4, -0.2) is 18.2 Å². The molecule has 0 fully saturated rings. The van der Waals surface area contributed by atoms with Gasteiger partial charge in [0.1, 0.15) is 0 Å². The largest absolute Gasteiger partial charge is 0.298 e. The molecule has 0 aliphatic carbocycles. The van der Waals surface area contributed by atoms with E-state index in [0.29, 0.717) is 0 Å². The Labute approximate surface area is 120 Å². The van der Waals surface area contributed by atoms with Crippen molar-refractivity contribution in [3.05, 3.63) is 65.2 Å². The first-order valence-corrected chi connectivity index (χ1v) is 7.77. The molecular weight excluding hydrogens is 250 g/mol. The van der Waals surface area contributed by atoms with Crippen molar-refractivity contribution in [3.63, 3.8) is 0 Å². The fourth-order valence-corrected chi connectivity index (χ4v) is 2.59. The average molecular weight is 271 g/mol. The van der Waals surface area contributed by atoms with Gasteiger partial charge in [-0.1, -0.05) is 36.4 Å². The number of hydrogen-bond acceptors (Lipinski definition) is 2. The lowest BCUT2D eigenvalue weighted by Gasteiger charge is -2.18. The predicted molar refractivity (Wildman–Crippen MR) is 84.6 cm³/mol. The van der Waals surface area contributed by atoms with Crippen molar-refractivity contribution in [1.82, 2.24) is 4.90 Å². The fraction of sp³-hybridized carbons (Fsp3) is 0.294. The van der Waals surface area contributed by atoms with Crippen LogP contribution in [0.15, 0.2) is 53.4 Å². The molecule has 0 unspecified atom stereocenters. The van der Waals surface area contributed by atoms with Crippen LogP contribution in [0.2, 0.25) is 0 Å². The van der Waals surface area contributed by atoms with E-state index in [2.05, 4.69) is 73.7 Å². The lowest BCUT2D eigenvalue weighted by molar-refractivity contribution is 0.318. The van der Waals surface area contributed by atoms with Crippen LogP contribution in [0.1, 0.15) is 16.7 Å². The van der Waals surface area contributed by atoms with Crippen molar-refractivity contribution < 1.29 is 0 Å². The summed E-state index contributed by atoms with van der Waals surface area (Å²) in [6, 6.07) is 17.4. The smallest absolute Gasteiger partial charge is 0.0236 e. The highest BCUT2D eigenvalue weighted by Crippen LogP contribution is 2.16. The van der Waals surface area contributed by atoms with E-state index < -0.39 is 0 Å². The Balaban J connectivity index is 1.97. The number of thioether (sulfide) groups is 1. The molecule has 0 N–H and O–H groups in total. The molecule has 0 heterocycles. The minimum atomic E-state index is 0.989. The number of nitrogens with zero attached hydrogens (tertiary/aromatic N) is 1. The van der Waals surface area contributed by atoms with Gasteiger partial charge < -0.3 is 0 Å². The van der Waals surface area contributed by atoms with Crippen LogP contribution < -0.4 is 0 Å². The third-order valence-electron chi connectivity index (χ3n) is 3.31. The Morgan fingerprint density at radius 1 is 0.947 bits per heavy atom. The summed E-state index contributed by atoms with van der Waals surface area (Å²) in [5, 5.41) is 0. The van der Waals surface area contributed by atoms with Gasteiger partial charge >= 0.3 is 0 Å². The molecule has 2 aromatic carbocycles. The maximum atomic E-state index is 2.36. The molecule has 0 saturated carbocycles. The average Bonchev–Trinajstić information content (AvgIpc) is 2.42. The van der Waals surface area contributed by atoms with Crippen LogP contribution in [0.25, 0.3) is 0 Å². The highest BCUT2D eigenvalue weighted by molar-refractivity contribution is 7.98. The second kappa shape index (κ2) is 6.78. The first-order chi connectivity index (χ1) is 9.19. The van der Waals surface area contributed by atoms with Crippen LogP contribution in [0, 0.1) is 6.92 Å². The lowest BCUT2D eigenvalue weighted by Crippen LogP contribution is -2.17. The summed E-state index contributed by atoms with van der Waals surface area (Å²) in [6.07, 6.45) is 2.11. The van der Waals surface area contributed by atoms with Gasteiger partial charge in [-0.05, 0) is 49.1 Å². The molecule has 0 aliphatic heterocycles. The Bertz CT molecular complexity index is 519. The topological polar surface area (TPSA) is 3.24 Å². The Kier molecular flexibility index (Phi) is 5.06. The van der Waals surface area contributed by atoms with Gasteiger partial charge in [0, 0.05) is 18.0 Å². The molecule has 0 aromatic heterocycles. The summed E-state index contributed by atoms with van der Waals surface area (Å²) in [7, 11) is 2.18. The molecule has 0 atom stereocenters. The van der Waals surface area contributed by atoms with Crippen LogP contribution in [0.5, 0.6) is 0 Å². The van der Waals surface area contributed by atoms with Crippen molar-refractivity contribution in [3.8, 4) is 0 Å². The third kappa shape index (κ3) is 4.12. The number of aryl methyl sites for hydroxylation is 1. The van der Waals surface area contributed by atoms with Crippen molar-refractivity contribution in [2.75, 3.05) is 13.3 Å². The number of rotatable bonds is 5. The standard InChI is InChI=1S/C17H21NS/c1-14-6-4-5-7-16(14)13-18(2)12-15-8-10-17(19-3)11-9-15/h4-11H,12-13H2,1-3H3. The Hall–Kier alpha value is -1.25. The van der Waals surface area contributed by atoms with Gasteiger partial charge in [0.2, 0.25) is 0 Å². The van der Waals surface area contributed by atoms with Gasteiger partial charge in [-0.2, -0.15) is 0 Å². The summed E-state index contributed by atoms with van der Waals surface area (Å²) in [4.78, 5) is 3.68. The molecule has 0 bridgehead atoms. The number of benzene rings is 2. The van der Waals surface area contributed by atoms with Gasteiger partial charge in [0.25, 0.3) is 0 Å². The summed E-state index contributed by atoms with van der Waals surface area (Å²) < 4.78 is 0. The third-order valence-corrected chi connectivity index (χ3v) is 4.06. The molecule has 0 radical (unpaired) electrons. The zero-order valence-corrected chi connectivity index (χ0v) is 12.7. The van der Waals surface area contributed by atoms with Gasteiger partial charge in [0.15, 0.2) is 0 Å². The fourth-order valence-electron chi connectivity index (χ4n) is 2.18. The molecule has 0 amide bonds. The minimum absolute atomic E-state index is 0.989. The monoisotopic (exact) mass is 271 g/mol. The van der Waals surface area contributed by atoms with Crippen molar-refractivity contribution >= 4 is 11.8 Å². The summed E-state index contributed by atoms with van der Waals surface area (Å²) in [5.41, 5.74) is 4.15. The zero-order chi connectivity index (χ0) is 13.7. The van der Waals surface area contributed by atoms with E-state index in [1.54, 1.807) is 11.8 Å². The molecule has 100 valence electrons. The summed E-state index contributed by atoms with van der Waals surface area (Å²) in [5.74, 6) is 0. The van der Waals surface area contributed by atoms with E-state index >= 15 is 0 Å². The summed E-state index contributed by atoms with van der Waals surface area (Å²) >= 11 is 1.79. The number of hydrogen-bond donors (Lipinski definition) is 0. The second-order valence-corrected chi connectivity index (χ2v) is 5.83. The van der Waals surface area contributed by atoms with E-state index in [4.69, 9.17) is 0 Å².